The molecule has 0 N–H and O–H groups in total. The molecule has 1 heterocycles. The van der Waals surface area contributed by atoms with Crippen LogP contribution in [-0.4, -0.2) is 9.78 Å². The molecular weight excluding hydrogens is 434 g/mol. The number of hydrogen-bond acceptors (Lipinski definition) is 1. The predicted molar refractivity (Wildman–Crippen MR) is 119 cm³/mol. The van der Waals surface area contributed by atoms with Crippen molar-refractivity contribution >= 4 is 46.4 Å². The van der Waals surface area contributed by atoms with E-state index < -0.39 is 0 Å². The highest BCUT2D eigenvalue weighted by atomic mass is 35.5. The van der Waals surface area contributed by atoms with E-state index in [-0.39, 0.29) is 0 Å². The van der Waals surface area contributed by atoms with Crippen molar-refractivity contribution in [2.45, 2.75) is 6.54 Å². The maximum atomic E-state index is 6.24. The molecule has 140 valence electrons. The first kappa shape index (κ1) is 19.4. The van der Waals surface area contributed by atoms with Crippen LogP contribution in [-0.2, 0) is 6.54 Å². The Kier molecular flexibility index (Phi) is 5.65. The van der Waals surface area contributed by atoms with Gasteiger partial charge in [-0.05, 0) is 35.9 Å². The molecule has 28 heavy (non-hydrogen) atoms. The van der Waals surface area contributed by atoms with E-state index >= 15 is 0 Å². The van der Waals surface area contributed by atoms with E-state index in [1.165, 1.54) is 0 Å². The smallest absolute Gasteiger partial charge is 0.0930 e. The quantitative estimate of drug-likeness (QED) is 0.311. The highest BCUT2D eigenvalue weighted by Crippen LogP contribution is 2.33. The zero-order valence-corrected chi connectivity index (χ0v) is 17.6. The molecule has 0 aliphatic carbocycles. The van der Waals surface area contributed by atoms with Crippen LogP contribution in [0.2, 0.25) is 20.1 Å². The lowest BCUT2D eigenvalue weighted by molar-refractivity contribution is 0.697. The molecule has 0 unspecified atom stereocenters. The molecule has 0 atom stereocenters. The van der Waals surface area contributed by atoms with Crippen molar-refractivity contribution in [3.8, 4) is 22.5 Å². The highest BCUT2D eigenvalue weighted by Gasteiger charge is 2.14. The normalized spacial score (nSPS) is 11.0. The molecule has 4 aromatic rings. The van der Waals surface area contributed by atoms with Crippen LogP contribution in [0, 0.1) is 0 Å². The summed E-state index contributed by atoms with van der Waals surface area (Å²) in [6, 6.07) is 23.2. The van der Waals surface area contributed by atoms with Crippen LogP contribution in [0.4, 0.5) is 0 Å². The molecule has 6 heteroatoms. The van der Waals surface area contributed by atoms with Crippen LogP contribution in [0.5, 0.6) is 0 Å². The van der Waals surface area contributed by atoms with E-state index in [1.54, 1.807) is 12.1 Å². The summed E-state index contributed by atoms with van der Waals surface area (Å²) in [4.78, 5) is 0. The molecule has 4 rings (SSSR count). The van der Waals surface area contributed by atoms with Gasteiger partial charge >= 0.3 is 0 Å². The van der Waals surface area contributed by atoms with Gasteiger partial charge in [0.15, 0.2) is 0 Å². The number of benzene rings is 3. The number of aromatic nitrogens is 2. The van der Waals surface area contributed by atoms with Crippen molar-refractivity contribution in [1.29, 1.82) is 0 Å². The Balaban J connectivity index is 1.83. The highest BCUT2D eigenvalue weighted by molar-refractivity contribution is 6.42. The van der Waals surface area contributed by atoms with Gasteiger partial charge in [-0.3, -0.25) is 4.68 Å². The second-order valence-corrected chi connectivity index (χ2v) is 7.94. The van der Waals surface area contributed by atoms with Gasteiger partial charge in [-0.1, -0.05) is 88.9 Å². The molecule has 0 radical (unpaired) electrons. The Labute approximate surface area is 183 Å². The van der Waals surface area contributed by atoms with Gasteiger partial charge in [0.1, 0.15) is 0 Å². The number of nitrogens with zero attached hydrogens (tertiary/aromatic N) is 2. The van der Waals surface area contributed by atoms with Gasteiger partial charge in [0.05, 0.1) is 38.0 Å². The largest absolute Gasteiger partial charge is 0.260 e. The van der Waals surface area contributed by atoms with Gasteiger partial charge in [0, 0.05) is 11.1 Å². The fraction of sp³-hybridized carbons (Fsp3) is 0.0455. The molecule has 1 aromatic heterocycles. The van der Waals surface area contributed by atoms with E-state index in [9.17, 15) is 0 Å². The molecule has 0 spiro atoms. The maximum absolute atomic E-state index is 6.24. The molecule has 0 aliphatic heterocycles. The van der Waals surface area contributed by atoms with Gasteiger partial charge in [-0.2, -0.15) is 5.10 Å². The van der Waals surface area contributed by atoms with Gasteiger partial charge in [-0.25, -0.2) is 0 Å². The number of hydrogen-bond donors (Lipinski definition) is 0. The maximum Gasteiger partial charge on any atom is 0.0930 e. The zero-order chi connectivity index (χ0) is 19.7. The van der Waals surface area contributed by atoms with Crippen molar-refractivity contribution in [3.63, 3.8) is 0 Å². The average Bonchev–Trinajstić information content (AvgIpc) is 3.11. The van der Waals surface area contributed by atoms with Gasteiger partial charge in [-0.15, -0.1) is 0 Å². The summed E-state index contributed by atoms with van der Waals surface area (Å²) in [5.41, 5.74) is 4.71. The SMILES string of the molecule is Clc1ccc(-c2cc(-c3ccc(Cl)c(Cl)c3)n(Cc3ccccc3)n2)cc1Cl. The summed E-state index contributed by atoms with van der Waals surface area (Å²) < 4.78 is 1.95. The van der Waals surface area contributed by atoms with Crippen LogP contribution >= 0.6 is 46.4 Å². The second-order valence-electron chi connectivity index (χ2n) is 6.32. The summed E-state index contributed by atoms with van der Waals surface area (Å²) in [5.74, 6) is 0. The summed E-state index contributed by atoms with van der Waals surface area (Å²) in [6.45, 7) is 0.623. The van der Waals surface area contributed by atoms with Crippen molar-refractivity contribution in [2.75, 3.05) is 0 Å². The van der Waals surface area contributed by atoms with Crippen LogP contribution in [0.15, 0.2) is 72.8 Å². The lowest BCUT2D eigenvalue weighted by Crippen LogP contribution is -2.04. The monoisotopic (exact) mass is 446 g/mol. The van der Waals surface area contributed by atoms with Gasteiger partial charge in [0.25, 0.3) is 0 Å². The molecule has 2 nitrogen and oxygen atoms in total. The first-order chi connectivity index (χ1) is 13.5. The lowest BCUT2D eigenvalue weighted by atomic mass is 10.1. The Morgan fingerprint density at radius 1 is 0.643 bits per heavy atom. The minimum absolute atomic E-state index is 0.493. The summed E-state index contributed by atoms with van der Waals surface area (Å²) in [7, 11) is 0. The van der Waals surface area contributed by atoms with Crippen molar-refractivity contribution in [1.82, 2.24) is 9.78 Å². The van der Waals surface area contributed by atoms with E-state index in [0.717, 1.165) is 28.1 Å². The molecule has 3 aromatic carbocycles. The fourth-order valence-corrected chi connectivity index (χ4v) is 3.57. The number of rotatable bonds is 4. The zero-order valence-electron chi connectivity index (χ0n) is 14.5. The van der Waals surface area contributed by atoms with Crippen molar-refractivity contribution in [3.05, 3.63) is 98.5 Å². The second kappa shape index (κ2) is 8.18. The first-order valence-corrected chi connectivity index (χ1v) is 10.0. The predicted octanol–water partition coefficient (Wildman–Crippen LogP) is 7.88. The van der Waals surface area contributed by atoms with E-state index in [2.05, 4.69) is 12.1 Å². The Bertz CT molecular complexity index is 1140. The minimum Gasteiger partial charge on any atom is -0.260 e. The van der Waals surface area contributed by atoms with Gasteiger partial charge < -0.3 is 0 Å². The van der Waals surface area contributed by atoms with Crippen LogP contribution in [0.3, 0.4) is 0 Å². The molecule has 0 saturated carbocycles. The molecule has 0 saturated heterocycles. The van der Waals surface area contributed by atoms with Crippen molar-refractivity contribution in [2.24, 2.45) is 0 Å². The molecule has 0 bridgehead atoms. The van der Waals surface area contributed by atoms with Gasteiger partial charge in [0.2, 0.25) is 0 Å². The summed E-state index contributed by atoms with van der Waals surface area (Å²) in [5, 5.41) is 6.84. The van der Waals surface area contributed by atoms with Crippen LogP contribution < -0.4 is 0 Å². The molecule has 0 aliphatic rings. The molecule has 0 fully saturated rings. The Morgan fingerprint density at radius 3 is 1.89 bits per heavy atom. The van der Waals surface area contributed by atoms with E-state index in [0.29, 0.717) is 26.6 Å². The Morgan fingerprint density at radius 2 is 1.25 bits per heavy atom. The molecule has 0 amide bonds. The topological polar surface area (TPSA) is 17.8 Å². The lowest BCUT2D eigenvalue weighted by Gasteiger charge is -2.08. The number of halogens is 4. The summed E-state index contributed by atoms with van der Waals surface area (Å²) >= 11 is 24.6. The standard InChI is InChI=1S/C22H14Cl4N2/c23-17-8-6-15(10-19(17)25)21-12-22(16-7-9-18(24)20(26)11-16)28(27-21)13-14-4-2-1-3-5-14/h1-12H,13H2. The van der Waals surface area contributed by atoms with E-state index in [1.807, 2.05) is 53.2 Å². The molecular formula is C22H14Cl4N2. The third-order valence-corrected chi connectivity index (χ3v) is 5.86. The fourth-order valence-electron chi connectivity index (χ4n) is 2.98. The van der Waals surface area contributed by atoms with E-state index in [4.69, 9.17) is 51.5 Å². The van der Waals surface area contributed by atoms with Crippen LogP contribution in [0.1, 0.15) is 5.56 Å². The Hall–Kier alpha value is -1.97. The van der Waals surface area contributed by atoms with Crippen molar-refractivity contribution < 1.29 is 0 Å². The first-order valence-electron chi connectivity index (χ1n) is 8.54. The summed E-state index contributed by atoms with van der Waals surface area (Å²) in [6.07, 6.45) is 0. The minimum atomic E-state index is 0.493. The van der Waals surface area contributed by atoms with Crippen LogP contribution in [0.25, 0.3) is 22.5 Å². The average molecular weight is 448 g/mol. The third kappa shape index (κ3) is 4.06. The third-order valence-electron chi connectivity index (χ3n) is 4.39.